The SMILES string of the molecule is NCC(OC(C(F)(F)F)C(F)(F)F)c1cc(Br)cs1. The summed E-state index contributed by atoms with van der Waals surface area (Å²) in [5.41, 5.74) is 5.18. The van der Waals surface area contributed by atoms with Gasteiger partial charge >= 0.3 is 12.4 Å². The van der Waals surface area contributed by atoms with Gasteiger partial charge in [-0.25, -0.2) is 0 Å². The molecule has 19 heavy (non-hydrogen) atoms. The maximum Gasteiger partial charge on any atom is 0.423 e. The largest absolute Gasteiger partial charge is 0.423 e. The second kappa shape index (κ2) is 5.98. The number of thiophene rings is 1. The van der Waals surface area contributed by atoms with Gasteiger partial charge in [-0.15, -0.1) is 11.3 Å². The molecule has 0 aliphatic heterocycles. The lowest BCUT2D eigenvalue weighted by Gasteiger charge is -2.27. The average Bonchev–Trinajstić information content (AvgIpc) is 2.62. The Morgan fingerprint density at radius 3 is 2.05 bits per heavy atom. The minimum absolute atomic E-state index is 0.188. The van der Waals surface area contributed by atoms with Gasteiger partial charge < -0.3 is 10.5 Å². The summed E-state index contributed by atoms with van der Waals surface area (Å²) in [7, 11) is 0. The number of ether oxygens (including phenoxy) is 1. The monoisotopic (exact) mass is 371 g/mol. The van der Waals surface area contributed by atoms with E-state index >= 15 is 0 Å². The lowest BCUT2D eigenvalue weighted by Crippen LogP contribution is -2.45. The second-order valence-electron chi connectivity index (χ2n) is 3.49. The van der Waals surface area contributed by atoms with E-state index in [-0.39, 0.29) is 4.88 Å². The van der Waals surface area contributed by atoms with E-state index in [1.165, 1.54) is 11.4 Å². The van der Waals surface area contributed by atoms with Gasteiger partial charge in [0.25, 0.3) is 0 Å². The van der Waals surface area contributed by atoms with Crippen molar-refractivity contribution in [1.29, 1.82) is 0 Å². The highest BCUT2D eigenvalue weighted by molar-refractivity contribution is 9.10. The van der Waals surface area contributed by atoms with Gasteiger partial charge in [-0.1, -0.05) is 0 Å². The summed E-state index contributed by atoms with van der Waals surface area (Å²) in [6.45, 7) is -0.490. The highest BCUT2D eigenvalue weighted by atomic mass is 79.9. The van der Waals surface area contributed by atoms with E-state index in [1.54, 1.807) is 0 Å². The zero-order valence-corrected chi connectivity index (χ0v) is 11.5. The Bertz CT molecular complexity index is 404. The van der Waals surface area contributed by atoms with Gasteiger partial charge in [-0.3, -0.25) is 0 Å². The number of nitrogens with two attached hydrogens (primary N) is 1. The van der Waals surface area contributed by atoms with Crippen LogP contribution in [0.25, 0.3) is 0 Å². The summed E-state index contributed by atoms with van der Waals surface area (Å²) in [6, 6.07) is 1.37. The van der Waals surface area contributed by atoms with Gasteiger partial charge in [0.05, 0.1) is 0 Å². The van der Waals surface area contributed by atoms with Crippen LogP contribution in [0.2, 0.25) is 0 Å². The molecule has 0 bridgehead atoms. The first-order chi connectivity index (χ1) is 8.55. The van der Waals surface area contributed by atoms with Crippen LogP contribution in [0, 0.1) is 0 Å². The van der Waals surface area contributed by atoms with E-state index in [0.29, 0.717) is 4.47 Å². The molecular formula is C9H8BrF6NOS. The number of hydrogen-bond donors (Lipinski definition) is 1. The zero-order valence-electron chi connectivity index (χ0n) is 9.06. The van der Waals surface area contributed by atoms with Crippen LogP contribution in [0.3, 0.4) is 0 Å². The molecule has 0 radical (unpaired) electrons. The molecular weight excluding hydrogens is 364 g/mol. The number of rotatable bonds is 4. The highest BCUT2D eigenvalue weighted by Gasteiger charge is 2.58. The smallest absolute Gasteiger partial charge is 0.351 e. The summed E-state index contributed by atoms with van der Waals surface area (Å²) >= 11 is 4.00. The molecule has 10 heteroatoms. The third kappa shape index (κ3) is 4.62. The van der Waals surface area contributed by atoms with Crippen LogP contribution in [-0.2, 0) is 4.74 Å². The number of alkyl halides is 6. The first kappa shape index (κ1) is 16.7. The van der Waals surface area contributed by atoms with E-state index in [9.17, 15) is 26.3 Å². The molecule has 2 nitrogen and oxygen atoms in total. The van der Waals surface area contributed by atoms with Gasteiger partial charge in [-0.05, 0) is 22.0 Å². The molecule has 2 N–H and O–H groups in total. The topological polar surface area (TPSA) is 35.2 Å². The van der Waals surface area contributed by atoms with Gasteiger partial charge in [-0.2, -0.15) is 26.3 Å². The predicted octanol–water partition coefficient (Wildman–Crippen LogP) is 4.02. The Morgan fingerprint density at radius 2 is 1.74 bits per heavy atom. The fraction of sp³-hybridized carbons (Fsp3) is 0.556. The van der Waals surface area contributed by atoms with Crippen LogP contribution in [0.15, 0.2) is 15.9 Å². The third-order valence-electron chi connectivity index (χ3n) is 2.01. The van der Waals surface area contributed by atoms with Crippen molar-refractivity contribution in [1.82, 2.24) is 0 Å². The molecule has 110 valence electrons. The fourth-order valence-electron chi connectivity index (χ4n) is 1.24. The molecule has 1 heterocycles. The maximum absolute atomic E-state index is 12.3. The van der Waals surface area contributed by atoms with Gasteiger partial charge in [0.15, 0.2) is 0 Å². The Balaban J connectivity index is 2.94. The molecule has 0 aliphatic rings. The number of hydrogen-bond acceptors (Lipinski definition) is 3. The molecule has 0 fully saturated rings. The Hall–Kier alpha value is -0.320. The van der Waals surface area contributed by atoms with Crippen molar-refractivity contribution in [3.63, 3.8) is 0 Å². The Morgan fingerprint density at radius 1 is 1.21 bits per heavy atom. The van der Waals surface area contributed by atoms with Crippen molar-refractivity contribution in [2.45, 2.75) is 24.6 Å². The second-order valence-corrected chi connectivity index (χ2v) is 5.35. The Labute approximate surface area is 116 Å². The van der Waals surface area contributed by atoms with E-state index in [1.807, 2.05) is 0 Å². The van der Waals surface area contributed by atoms with Crippen LogP contribution in [0.5, 0.6) is 0 Å². The van der Waals surface area contributed by atoms with Crippen LogP contribution in [0.1, 0.15) is 11.0 Å². The van der Waals surface area contributed by atoms with E-state index < -0.39 is 31.1 Å². The van der Waals surface area contributed by atoms with Crippen LogP contribution < -0.4 is 5.73 Å². The maximum atomic E-state index is 12.3. The normalized spacial score (nSPS) is 15.0. The van der Waals surface area contributed by atoms with E-state index in [4.69, 9.17) is 5.73 Å². The third-order valence-corrected chi connectivity index (χ3v) is 3.80. The van der Waals surface area contributed by atoms with Gasteiger partial charge in [0.1, 0.15) is 6.10 Å². The van der Waals surface area contributed by atoms with Crippen LogP contribution in [0.4, 0.5) is 26.3 Å². The Kier molecular flexibility index (Phi) is 5.27. The van der Waals surface area contributed by atoms with Crippen molar-refractivity contribution < 1.29 is 31.1 Å². The number of halogens is 7. The summed E-state index contributed by atoms with van der Waals surface area (Å²) < 4.78 is 78.7. The van der Waals surface area contributed by atoms with Crippen molar-refractivity contribution in [3.8, 4) is 0 Å². The molecule has 1 rings (SSSR count). The molecule has 1 atom stereocenters. The molecule has 0 saturated heterocycles. The van der Waals surface area contributed by atoms with Gasteiger partial charge in [0, 0.05) is 21.3 Å². The van der Waals surface area contributed by atoms with Crippen molar-refractivity contribution >= 4 is 27.3 Å². The molecule has 0 amide bonds. The summed E-state index contributed by atoms with van der Waals surface area (Å²) in [4.78, 5) is 0.188. The summed E-state index contributed by atoms with van der Waals surface area (Å²) in [6.07, 6.45) is -16.4. The zero-order chi connectivity index (χ0) is 14.8. The molecule has 1 aromatic rings. The molecule has 0 spiro atoms. The van der Waals surface area contributed by atoms with Crippen molar-refractivity contribution in [2.75, 3.05) is 6.54 Å². The molecule has 1 unspecified atom stereocenters. The lowest BCUT2D eigenvalue weighted by molar-refractivity contribution is -0.331. The molecule has 0 aromatic carbocycles. The molecule has 1 aromatic heterocycles. The lowest BCUT2D eigenvalue weighted by atomic mass is 10.2. The standard InChI is InChI=1S/C9H8BrF6NOS/c10-4-1-6(19-3-4)5(2-17)18-7(8(11,12)13)9(14,15)16/h1,3,5,7H,2,17H2. The highest BCUT2D eigenvalue weighted by Crippen LogP contribution is 2.39. The first-order valence-electron chi connectivity index (χ1n) is 4.78. The quantitative estimate of drug-likeness (QED) is 0.811. The minimum Gasteiger partial charge on any atom is -0.351 e. The van der Waals surface area contributed by atoms with E-state index in [2.05, 4.69) is 20.7 Å². The van der Waals surface area contributed by atoms with Crippen molar-refractivity contribution in [3.05, 3.63) is 20.8 Å². The van der Waals surface area contributed by atoms with Crippen LogP contribution >= 0.6 is 27.3 Å². The predicted molar refractivity (Wildman–Crippen MR) is 60.8 cm³/mol. The molecule has 0 aliphatic carbocycles. The van der Waals surface area contributed by atoms with Crippen molar-refractivity contribution in [2.24, 2.45) is 5.73 Å². The minimum atomic E-state index is -5.54. The molecule has 0 saturated carbocycles. The fourth-order valence-corrected chi connectivity index (χ4v) is 2.73. The summed E-state index contributed by atoms with van der Waals surface area (Å²) in [5, 5.41) is 1.51. The first-order valence-corrected chi connectivity index (χ1v) is 6.46. The van der Waals surface area contributed by atoms with Gasteiger partial charge in [0.2, 0.25) is 6.10 Å². The summed E-state index contributed by atoms with van der Waals surface area (Å²) in [5.74, 6) is 0. The average molecular weight is 372 g/mol. The van der Waals surface area contributed by atoms with E-state index in [0.717, 1.165) is 11.3 Å². The van der Waals surface area contributed by atoms with Crippen LogP contribution in [-0.4, -0.2) is 25.0 Å².